The van der Waals surface area contributed by atoms with Crippen LogP contribution in [0.25, 0.3) is 0 Å². The van der Waals surface area contributed by atoms with E-state index in [0.717, 1.165) is 22.9 Å². The molecule has 0 amide bonds. The van der Waals surface area contributed by atoms with Crippen molar-refractivity contribution >= 4 is 26.0 Å². The second kappa shape index (κ2) is 6.35. The predicted octanol–water partition coefficient (Wildman–Crippen LogP) is 2.56. The summed E-state index contributed by atoms with van der Waals surface area (Å²) < 4.78 is 32.1. The van der Waals surface area contributed by atoms with Gasteiger partial charge < -0.3 is 4.74 Å². The van der Waals surface area contributed by atoms with Gasteiger partial charge in [0.05, 0.1) is 12.4 Å². The molecule has 0 bridgehead atoms. The average molecular weight is 348 g/mol. The smallest absolute Gasteiger partial charge is 0.216 e. The lowest BCUT2D eigenvalue weighted by molar-refractivity contribution is 0.215. The van der Waals surface area contributed by atoms with Crippen molar-refractivity contribution in [2.45, 2.75) is 18.9 Å². The first-order chi connectivity index (χ1) is 9.04. The van der Waals surface area contributed by atoms with Crippen LogP contribution in [0.2, 0.25) is 0 Å². The summed E-state index contributed by atoms with van der Waals surface area (Å²) >= 11 is 3.43. The summed E-state index contributed by atoms with van der Waals surface area (Å²) in [7, 11) is -1.72. The standard InChI is InChI=1S/C13H18BrNO3S/c1-18-8-9-19(16,17)15-7-3-6-13(15)11-4-2-5-12(14)10-11/h2,4-5,10,13H,3,6-9H2,1H3. The highest BCUT2D eigenvalue weighted by atomic mass is 79.9. The number of hydrogen-bond acceptors (Lipinski definition) is 3. The van der Waals surface area contributed by atoms with Gasteiger partial charge in [-0.1, -0.05) is 28.1 Å². The molecule has 0 N–H and O–H groups in total. The molecule has 1 atom stereocenters. The normalized spacial score (nSPS) is 20.8. The van der Waals surface area contributed by atoms with Crippen LogP contribution < -0.4 is 0 Å². The molecule has 0 saturated carbocycles. The van der Waals surface area contributed by atoms with Crippen molar-refractivity contribution in [2.75, 3.05) is 26.0 Å². The Kier molecular flexibility index (Phi) is 5.00. The molecular formula is C13H18BrNO3S. The van der Waals surface area contributed by atoms with E-state index in [1.165, 1.54) is 7.11 Å². The van der Waals surface area contributed by atoms with E-state index in [9.17, 15) is 8.42 Å². The van der Waals surface area contributed by atoms with Gasteiger partial charge in [0.25, 0.3) is 0 Å². The monoisotopic (exact) mass is 347 g/mol. The van der Waals surface area contributed by atoms with E-state index in [-0.39, 0.29) is 18.4 Å². The van der Waals surface area contributed by atoms with Crippen molar-refractivity contribution in [3.8, 4) is 0 Å². The summed E-state index contributed by atoms with van der Waals surface area (Å²) in [4.78, 5) is 0. The molecular weight excluding hydrogens is 330 g/mol. The molecule has 0 aromatic heterocycles. The van der Waals surface area contributed by atoms with Crippen molar-refractivity contribution in [2.24, 2.45) is 0 Å². The molecule has 106 valence electrons. The van der Waals surface area contributed by atoms with Crippen LogP contribution in [-0.2, 0) is 14.8 Å². The summed E-state index contributed by atoms with van der Waals surface area (Å²) in [6.07, 6.45) is 1.78. The zero-order chi connectivity index (χ0) is 13.9. The second-order valence-electron chi connectivity index (χ2n) is 4.63. The third kappa shape index (κ3) is 3.56. The molecule has 1 aromatic carbocycles. The number of hydrogen-bond donors (Lipinski definition) is 0. The first kappa shape index (κ1) is 15.0. The Bertz CT molecular complexity index is 532. The molecule has 1 aliphatic heterocycles. The molecule has 19 heavy (non-hydrogen) atoms. The Morgan fingerprint density at radius 1 is 1.47 bits per heavy atom. The maximum atomic E-state index is 12.3. The second-order valence-corrected chi connectivity index (χ2v) is 7.59. The van der Waals surface area contributed by atoms with Gasteiger partial charge in [0.2, 0.25) is 10.0 Å². The maximum Gasteiger partial charge on any atom is 0.216 e. The van der Waals surface area contributed by atoms with Gasteiger partial charge in [-0.15, -0.1) is 0 Å². The lowest BCUT2D eigenvalue weighted by Crippen LogP contribution is -2.33. The fraction of sp³-hybridized carbons (Fsp3) is 0.538. The van der Waals surface area contributed by atoms with Gasteiger partial charge in [0.15, 0.2) is 0 Å². The molecule has 1 aromatic rings. The van der Waals surface area contributed by atoms with Crippen LogP contribution in [0, 0.1) is 0 Å². The van der Waals surface area contributed by atoms with Gasteiger partial charge in [-0.3, -0.25) is 0 Å². The third-order valence-electron chi connectivity index (χ3n) is 3.34. The molecule has 0 spiro atoms. The lowest BCUT2D eigenvalue weighted by atomic mass is 10.1. The molecule has 1 saturated heterocycles. The molecule has 1 unspecified atom stereocenters. The van der Waals surface area contributed by atoms with Crippen LogP contribution in [0.15, 0.2) is 28.7 Å². The number of methoxy groups -OCH3 is 1. The quantitative estimate of drug-likeness (QED) is 0.822. The highest BCUT2D eigenvalue weighted by molar-refractivity contribution is 9.10. The van der Waals surface area contributed by atoms with Crippen LogP contribution >= 0.6 is 15.9 Å². The molecule has 1 aliphatic rings. The molecule has 1 fully saturated rings. The molecule has 0 aliphatic carbocycles. The largest absolute Gasteiger partial charge is 0.384 e. The summed E-state index contributed by atoms with van der Waals surface area (Å²) in [6.45, 7) is 0.841. The van der Waals surface area contributed by atoms with Crippen molar-refractivity contribution in [1.29, 1.82) is 0 Å². The first-order valence-electron chi connectivity index (χ1n) is 6.28. The molecule has 4 nitrogen and oxygen atoms in total. The van der Waals surface area contributed by atoms with Crippen molar-refractivity contribution < 1.29 is 13.2 Å². The number of ether oxygens (including phenoxy) is 1. The minimum atomic E-state index is -3.24. The Hall–Kier alpha value is -0.430. The van der Waals surface area contributed by atoms with Crippen molar-refractivity contribution in [3.63, 3.8) is 0 Å². The number of halogens is 1. The van der Waals surface area contributed by atoms with E-state index in [4.69, 9.17) is 4.74 Å². The molecule has 0 radical (unpaired) electrons. The minimum absolute atomic E-state index is 0.0423. The Balaban J connectivity index is 2.22. The molecule has 2 rings (SSSR count). The lowest BCUT2D eigenvalue weighted by Gasteiger charge is -2.24. The maximum absolute atomic E-state index is 12.3. The van der Waals surface area contributed by atoms with E-state index < -0.39 is 10.0 Å². The minimum Gasteiger partial charge on any atom is -0.384 e. The highest BCUT2D eigenvalue weighted by Crippen LogP contribution is 2.35. The fourth-order valence-corrected chi connectivity index (χ4v) is 4.48. The summed E-state index contributed by atoms with van der Waals surface area (Å²) in [5.74, 6) is 0.0496. The van der Waals surface area contributed by atoms with Gasteiger partial charge in [-0.25, -0.2) is 8.42 Å². The fourth-order valence-electron chi connectivity index (χ4n) is 2.43. The van der Waals surface area contributed by atoms with Gasteiger partial charge in [0, 0.05) is 24.2 Å². The SMILES string of the molecule is COCCS(=O)(=O)N1CCCC1c1cccc(Br)c1. The van der Waals surface area contributed by atoms with E-state index in [0.29, 0.717) is 6.54 Å². The number of sulfonamides is 1. The highest BCUT2D eigenvalue weighted by Gasteiger charge is 2.34. The van der Waals surface area contributed by atoms with E-state index >= 15 is 0 Å². The number of nitrogens with zero attached hydrogens (tertiary/aromatic N) is 1. The zero-order valence-corrected chi connectivity index (χ0v) is 13.3. The summed E-state index contributed by atoms with van der Waals surface area (Å²) in [6, 6.07) is 7.83. The first-order valence-corrected chi connectivity index (χ1v) is 8.69. The number of rotatable bonds is 5. The van der Waals surface area contributed by atoms with Crippen LogP contribution in [0.3, 0.4) is 0 Å². The van der Waals surface area contributed by atoms with E-state index in [2.05, 4.69) is 15.9 Å². The Morgan fingerprint density at radius 2 is 2.26 bits per heavy atom. The van der Waals surface area contributed by atoms with Crippen LogP contribution in [-0.4, -0.2) is 38.7 Å². The molecule has 6 heteroatoms. The zero-order valence-electron chi connectivity index (χ0n) is 10.9. The Labute approximate surface area is 122 Å². The van der Waals surface area contributed by atoms with Crippen molar-refractivity contribution in [1.82, 2.24) is 4.31 Å². The van der Waals surface area contributed by atoms with Crippen LogP contribution in [0.5, 0.6) is 0 Å². The summed E-state index contributed by atoms with van der Waals surface area (Å²) in [5.41, 5.74) is 1.05. The van der Waals surface area contributed by atoms with E-state index in [1.54, 1.807) is 4.31 Å². The van der Waals surface area contributed by atoms with Gasteiger partial charge >= 0.3 is 0 Å². The van der Waals surface area contributed by atoms with Gasteiger partial charge in [-0.2, -0.15) is 4.31 Å². The van der Waals surface area contributed by atoms with Gasteiger partial charge in [-0.05, 0) is 30.5 Å². The van der Waals surface area contributed by atoms with E-state index in [1.807, 2.05) is 24.3 Å². The Morgan fingerprint density at radius 3 is 2.95 bits per heavy atom. The molecule has 1 heterocycles. The predicted molar refractivity (Wildman–Crippen MR) is 78.5 cm³/mol. The van der Waals surface area contributed by atoms with Crippen molar-refractivity contribution in [3.05, 3.63) is 34.3 Å². The topological polar surface area (TPSA) is 46.6 Å². The van der Waals surface area contributed by atoms with Crippen LogP contribution in [0.1, 0.15) is 24.4 Å². The number of benzene rings is 1. The van der Waals surface area contributed by atoms with Gasteiger partial charge in [0.1, 0.15) is 0 Å². The average Bonchev–Trinajstić information content (AvgIpc) is 2.86. The third-order valence-corrected chi connectivity index (χ3v) is 5.67. The van der Waals surface area contributed by atoms with Crippen LogP contribution in [0.4, 0.5) is 0 Å². The summed E-state index contributed by atoms with van der Waals surface area (Å²) in [5, 5.41) is 0.